The molecule has 2 saturated heterocycles. The van der Waals surface area contributed by atoms with E-state index in [1.54, 1.807) is 16.4 Å². The Kier molecular flexibility index (Phi) is 6.35. The van der Waals surface area contributed by atoms with Crippen molar-refractivity contribution in [3.05, 3.63) is 18.2 Å². The predicted molar refractivity (Wildman–Crippen MR) is 127 cm³/mol. The summed E-state index contributed by atoms with van der Waals surface area (Å²) >= 11 is 0. The molecule has 1 aromatic carbocycles. The van der Waals surface area contributed by atoms with Gasteiger partial charge in [-0.25, -0.2) is 8.42 Å². The van der Waals surface area contributed by atoms with Crippen LogP contribution in [0.4, 0.5) is 11.4 Å². The third kappa shape index (κ3) is 4.37. The minimum atomic E-state index is -3.64. The Morgan fingerprint density at radius 3 is 2.36 bits per heavy atom. The fourth-order valence-corrected chi connectivity index (χ4v) is 7.34. The maximum atomic E-state index is 13.5. The highest BCUT2D eigenvalue weighted by Crippen LogP contribution is 2.41. The van der Waals surface area contributed by atoms with Crippen molar-refractivity contribution in [3.63, 3.8) is 0 Å². The number of fused-ring (bicyclic) bond motifs is 3. The molecule has 2 amide bonds. The smallest absolute Gasteiger partial charge is 0.250 e. The molecule has 3 fully saturated rings. The number of carbonyl (C=O) groups excluding carboxylic acids is 2. The van der Waals surface area contributed by atoms with Crippen molar-refractivity contribution >= 4 is 33.2 Å². The molecule has 9 heteroatoms. The standard InChI is InChI=1S/C24H34N4O4S/c29-23(25-18-8-2-3-9-18)17-28-22-16-19(33(31,32)26-13-5-1-6-14-26)11-12-20(22)27-15-7-4-10-21(27)24(28)30/h11-12,16,18,21H,1-10,13-15,17H2,(H,25,29). The summed E-state index contributed by atoms with van der Waals surface area (Å²) in [7, 11) is -3.64. The molecule has 8 nitrogen and oxygen atoms in total. The van der Waals surface area contributed by atoms with Crippen LogP contribution in [-0.2, 0) is 19.6 Å². The molecular weight excluding hydrogens is 440 g/mol. The second kappa shape index (κ2) is 9.25. The van der Waals surface area contributed by atoms with Crippen molar-refractivity contribution in [2.75, 3.05) is 36.0 Å². The quantitative estimate of drug-likeness (QED) is 0.709. The fourth-order valence-electron chi connectivity index (χ4n) is 5.80. The Morgan fingerprint density at radius 2 is 1.61 bits per heavy atom. The zero-order valence-electron chi connectivity index (χ0n) is 19.2. The molecule has 0 bridgehead atoms. The van der Waals surface area contributed by atoms with Gasteiger partial charge in [0.25, 0.3) is 0 Å². The number of amides is 2. The van der Waals surface area contributed by atoms with E-state index in [4.69, 9.17) is 0 Å². The summed E-state index contributed by atoms with van der Waals surface area (Å²) in [5.74, 6) is -0.272. The highest BCUT2D eigenvalue weighted by atomic mass is 32.2. The summed E-state index contributed by atoms with van der Waals surface area (Å²) in [6.07, 6.45) is 9.70. The van der Waals surface area contributed by atoms with Crippen molar-refractivity contribution in [1.82, 2.24) is 9.62 Å². The molecule has 1 aromatic rings. The summed E-state index contributed by atoms with van der Waals surface area (Å²) in [5, 5.41) is 3.07. The topological polar surface area (TPSA) is 90.0 Å². The number of hydrogen-bond donors (Lipinski definition) is 1. The normalized spacial score (nSPS) is 24.5. The van der Waals surface area contributed by atoms with Crippen molar-refractivity contribution in [2.24, 2.45) is 0 Å². The Balaban J connectivity index is 1.48. The first-order chi connectivity index (χ1) is 15.9. The van der Waals surface area contributed by atoms with E-state index in [0.29, 0.717) is 18.8 Å². The lowest BCUT2D eigenvalue weighted by atomic mass is 9.96. The zero-order chi connectivity index (χ0) is 23.0. The third-order valence-corrected chi connectivity index (χ3v) is 9.47. The van der Waals surface area contributed by atoms with Gasteiger partial charge in [0, 0.05) is 25.7 Å². The Hall–Kier alpha value is -2.13. The highest BCUT2D eigenvalue weighted by Gasteiger charge is 2.41. The van der Waals surface area contributed by atoms with Gasteiger partial charge in [0.15, 0.2) is 0 Å². The third-order valence-electron chi connectivity index (χ3n) is 7.58. The van der Waals surface area contributed by atoms with Crippen LogP contribution in [0.15, 0.2) is 23.1 Å². The SMILES string of the molecule is O=C(CN1C(=O)C2CCCCN2c2ccc(S(=O)(=O)N3CCCCC3)cc21)NC1CCCC1. The average Bonchev–Trinajstić information content (AvgIpc) is 3.35. The van der Waals surface area contributed by atoms with Gasteiger partial charge in [-0.2, -0.15) is 4.31 Å². The van der Waals surface area contributed by atoms with E-state index < -0.39 is 10.0 Å². The Labute approximate surface area is 196 Å². The fraction of sp³-hybridized carbons (Fsp3) is 0.667. The summed E-state index contributed by atoms with van der Waals surface area (Å²) in [6, 6.07) is 5.01. The van der Waals surface area contributed by atoms with E-state index >= 15 is 0 Å². The molecule has 0 aromatic heterocycles. The van der Waals surface area contributed by atoms with E-state index in [1.165, 1.54) is 4.90 Å². The van der Waals surface area contributed by atoms with Gasteiger partial charge in [-0.15, -0.1) is 0 Å². The second-order valence-corrected chi connectivity index (χ2v) is 11.7. The van der Waals surface area contributed by atoms with E-state index in [9.17, 15) is 18.0 Å². The van der Waals surface area contributed by atoms with E-state index in [2.05, 4.69) is 10.2 Å². The lowest BCUT2D eigenvalue weighted by molar-refractivity contribution is -0.125. The molecule has 4 aliphatic rings. The molecule has 1 aliphatic carbocycles. The summed E-state index contributed by atoms with van der Waals surface area (Å²) in [6.45, 7) is 1.75. The van der Waals surface area contributed by atoms with Crippen LogP contribution in [-0.4, -0.2) is 62.8 Å². The average molecular weight is 475 g/mol. The lowest BCUT2D eigenvalue weighted by Crippen LogP contribution is -2.57. The molecule has 0 radical (unpaired) electrons. The number of anilines is 2. The van der Waals surface area contributed by atoms with Crippen molar-refractivity contribution in [1.29, 1.82) is 0 Å². The van der Waals surface area contributed by atoms with Crippen molar-refractivity contribution < 1.29 is 18.0 Å². The number of nitrogens with one attached hydrogen (secondary N) is 1. The largest absolute Gasteiger partial charge is 0.358 e. The first-order valence-electron chi connectivity index (χ1n) is 12.5. The number of benzene rings is 1. The van der Waals surface area contributed by atoms with Crippen LogP contribution in [0.3, 0.4) is 0 Å². The van der Waals surface area contributed by atoms with Gasteiger partial charge in [0.05, 0.1) is 16.3 Å². The van der Waals surface area contributed by atoms with E-state index in [0.717, 1.165) is 76.4 Å². The first kappa shape index (κ1) is 22.7. The van der Waals surface area contributed by atoms with Gasteiger partial charge in [-0.05, 0) is 63.1 Å². The van der Waals surface area contributed by atoms with Crippen LogP contribution in [0, 0.1) is 0 Å². The summed E-state index contributed by atoms with van der Waals surface area (Å²) in [4.78, 5) is 30.2. The van der Waals surface area contributed by atoms with Gasteiger partial charge in [-0.3, -0.25) is 14.5 Å². The van der Waals surface area contributed by atoms with Gasteiger partial charge in [0.1, 0.15) is 12.6 Å². The molecule has 1 saturated carbocycles. The monoisotopic (exact) mass is 474 g/mol. The molecule has 0 spiro atoms. The molecule has 5 rings (SSSR count). The summed E-state index contributed by atoms with van der Waals surface area (Å²) < 4.78 is 28.2. The second-order valence-electron chi connectivity index (χ2n) is 9.79. The maximum absolute atomic E-state index is 13.5. The van der Waals surface area contributed by atoms with Gasteiger partial charge in [-0.1, -0.05) is 19.3 Å². The van der Waals surface area contributed by atoms with Crippen LogP contribution in [0.25, 0.3) is 0 Å². The number of hydrogen-bond acceptors (Lipinski definition) is 5. The van der Waals surface area contributed by atoms with Crippen LogP contribution in [0.5, 0.6) is 0 Å². The molecule has 1 N–H and O–H groups in total. The number of sulfonamides is 1. The minimum absolute atomic E-state index is 0.0696. The molecule has 1 unspecified atom stereocenters. The van der Waals surface area contributed by atoms with Gasteiger partial charge in [0.2, 0.25) is 21.8 Å². The molecular formula is C24H34N4O4S. The molecule has 3 heterocycles. The maximum Gasteiger partial charge on any atom is 0.250 e. The number of piperidine rings is 2. The van der Waals surface area contributed by atoms with Crippen LogP contribution in [0.1, 0.15) is 64.2 Å². The number of rotatable bonds is 5. The minimum Gasteiger partial charge on any atom is -0.358 e. The highest BCUT2D eigenvalue weighted by molar-refractivity contribution is 7.89. The van der Waals surface area contributed by atoms with Crippen LogP contribution in [0.2, 0.25) is 0 Å². The molecule has 3 aliphatic heterocycles. The first-order valence-corrected chi connectivity index (χ1v) is 13.9. The lowest BCUT2D eigenvalue weighted by Gasteiger charge is -2.45. The zero-order valence-corrected chi connectivity index (χ0v) is 20.0. The molecule has 33 heavy (non-hydrogen) atoms. The number of nitrogens with zero attached hydrogens (tertiary/aromatic N) is 3. The van der Waals surface area contributed by atoms with Crippen LogP contribution >= 0.6 is 0 Å². The summed E-state index contributed by atoms with van der Waals surface area (Å²) in [5.41, 5.74) is 1.39. The van der Waals surface area contributed by atoms with E-state index in [-0.39, 0.29) is 35.3 Å². The van der Waals surface area contributed by atoms with Crippen molar-refractivity contribution in [3.8, 4) is 0 Å². The molecule has 1 atom stereocenters. The van der Waals surface area contributed by atoms with Gasteiger partial charge < -0.3 is 10.2 Å². The Morgan fingerprint density at radius 1 is 0.909 bits per heavy atom. The number of carbonyl (C=O) groups is 2. The molecule has 180 valence electrons. The van der Waals surface area contributed by atoms with E-state index in [1.807, 2.05) is 6.07 Å². The Bertz CT molecular complexity index is 1020. The predicted octanol–water partition coefficient (Wildman–Crippen LogP) is 2.63. The van der Waals surface area contributed by atoms with Gasteiger partial charge >= 0.3 is 0 Å². The van der Waals surface area contributed by atoms with Crippen LogP contribution < -0.4 is 15.1 Å². The van der Waals surface area contributed by atoms with Crippen molar-refractivity contribution in [2.45, 2.75) is 81.2 Å².